The van der Waals surface area contributed by atoms with Crippen LogP contribution in [0.3, 0.4) is 0 Å². The van der Waals surface area contributed by atoms with E-state index in [4.69, 9.17) is 4.74 Å². The number of carbonyl (C=O) groups is 1. The molecule has 1 aromatic rings. The molecule has 1 aliphatic rings. The number of hydrogen-bond donors (Lipinski definition) is 1. The zero-order valence-electron chi connectivity index (χ0n) is 10.2. The standard InChI is InChI=1S/C12H13F3N2O2/c1-19-9-3-2-7(4-8(9)13)12-16-5-11(18)17(12)6-10(14)15/h2-4,10,12,16H,5-6H2,1H3. The molecule has 0 aliphatic carbocycles. The molecule has 1 saturated heterocycles. The van der Waals surface area contributed by atoms with E-state index in [0.717, 1.165) is 4.90 Å². The SMILES string of the molecule is COc1ccc(C2NCC(=O)N2CC(F)F)cc1F. The van der Waals surface area contributed by atoms with Crippen molar-refractivity contribution in [3.05, 3.63) is 29.6 Å². The van der Waals surface area contributed by atoms with Crippen LogP contribution in [0, 0.1) is 5.82 Å². The van der Waals surface area contributed by atoms with Crippen molar-refractivity contribution in [2.24, 2.45) is 0 Å². The zero-order valence-corrected chi connectivity index (χ0v) is 10.2. The van der Waals surface area contributed by atoms with Crippen molar-refractivity contribution in [2.45, 2.75) is 12.6 Å². The highest BCUT2D eigenvalue weighted by Crippen LogP contribution is 2.27. The van der Waals surface area contributed by atoms with E-state index in [1.807, 2.05) is 0 Å². The highest BCUT2D eigenvalue weighted by Gasteiger charge is 2.33. The second-order valence-corrected chi connectivity index (χ2v) is 4.11. The number of ether oxygens (including phenoxy) is 1. The molecule has 1 aliphatic heterocycles. The van der Waals surface area contributed by atoms with E-state index in [1.54, 1.807) is 0 Å². The number of benzene rings is 1. The van der Waals surface area contributed by atoms with Gasteiger partial charge in [-0.3, -0.25) is 10.1 Å². The van der Waals surface area contributed by atoms with E-state index in [2.05, 4.69) is 5.32 Å². The largest absolute Gasteiger partial charge is 0.494 e. The summed E-state index contributed by atoms with van der Waals surface area (Å²) in [7, 11) is 1.33. The van der Waals surface area contributed by atoms with Gasteiger partial charge in [0.2, 0.25) is 5.91 Å². The van der Waals surface area contributed by atoms with Crippen LogP contribution in [0.15, 0.2) is 18.2 Å². The third-order valence-corrected chi connectivity index (χ3v) is 2.90. The van der Waals surface area contributed by atoms with Gasteiger partial charge in [-0.05, 0) is 17.7 Å². The first-order valence-corrected chi connectivity index (χ1v) is 5.67. The van der Waals surface area contributed by atoms with Crippen LogP contribution in [0.4, 0.5) is 13.2 Å². The Bertz CT molecular complexity index is 482. The molecule has 104 valence electrons. The van der Waals surface area contributed by atoms with Crippen molar-refractivity contribution in [1.29, 1.82) is 0 Å². The maximum Gasteiger partial charge on any atom is 0.255 e. The molecule has 1 atom stereocenters. The average molecular weight is 274 g/mol. The summed E-state index contributed by atoms with van der Waals surface area (Å²) in [6, 6.07) is 4.11. The number of nitrogens with one attached hydrogen (secondary N) is 1. The average Bonchev–Trinajstić information content (AvgIpc) is 2.70. The zero-order chi connectivity index (χ0) is 14.0. The molecule has 0 aromatic heterocycles. The van der Waals surface area contributed by atoms with Gasteiger partial charge in [-0.1, -0.05) is 6.07 Å². The van der Waals surface area contributed by atoms with E-state index in [-0.39, 0.29) is 12.3 Å². The van der Waals surface area contributed by atoms with Crippen molar-refractivity contribution in [2.75, 3.05) is 20.2 Å². The first-order chi connectivity index (χ1) is 9.02. The summed E-state index contributed by atoms with van der Waals surface area (Å²) >= 11 is 0. The lowest BCUT2D eigenvalue weighted by atomic mass is 10.1. The number of rotatable bonds is 4. The van der Waals surface area contributed by atoms with Crippen molar-refractivity contribution in [3.8, 4) is 5.75 Å². The molecule has 0 radical (unpaired) electrons. The summed E-state index contributed by atoms with van der Waals surface area (Å²) < 4.78 is 43.2. The number of hydrogen-bond acceptors (Lipinski definition) is 3. The quantitative estimate of drug-likeness (QED) is 0.905. The lowest BCUT2D eigenvalue weighted by Crippen LogP contribution is -2.34. The van der Waals surface area contributed by atoms with Crippen LogP contribution >= 0.6 is 0 Å². The smallest absolute Gasteiger partial charge is 0.255 e. The van der Waals surface area contributed by atoms with Gasteiger partial charge in [0.1, 0.15) is 6.17 Å². The molecule has 0 spiro atoms. The molecule has 7 heteroatoms. The minimum atomic E-state index is -2.63. The molecule has 1 heterocycles. The molecule has 4 nitrogen and oxygen atoms in total. The molecule has 2 rings (SSSR count). The lowest BCUT2D eigenvalue weighted by Gasteiger charge is -2.24. The summed E-state index contributed by atoms with van der Waals surface area (Å²) in [6.07, 6.45) is -3.36. The minimum Gasteiger partial charge on any atom is -0.494 e. The highest BCUT2D eigenvalue weighted by molar-refractivity contribution is 5.81. The third kappa shape index (κ3) is 2.81. The van der Waals surface area contributed by atoms with E-state index < -0.39 is 30.9 Å². The number of carbonyl (C=O) groups excluding carboxylic acids is 1. The first kappa shape index (κ1) is 13.7. The molecule has 1 fully saturated rings. The molecule has 1 amide bonds. The Morgan fingerprint density at radius 2 is 2.26 bits per heavy atom. The van der Waals surface area contributed by atoms with Gasteiger partial charge in [0, 0.05) is 0 Å². The van der Waals surface area contributed by atoms with Gasteiger partial charge >= 0.3 is 0 Å². The minimum absolute atomic E-state index is 0.0367. The second-order valence-electron chi connectivity index (χ2n) is 4.11. The van der Waals surface area contributed by atoms with Crippen LogP contribution in [-0.4, -0.2) is 37.4 Å². The van der Waals surface area contributed by atoms with Gasteiger partial charge in [-0.2, -0.15) is 0 Å². The number of halogens is 3. The summed E-state index contributed by atoms with van der Waals surface area (Å²) in [5.74, 6) is -0.965. The van der Waals surface area contributed by atoms with Gasteiger partial charge in [0.15, 0.2) is 11.6 Å². The van der Waals surface area contributed by atoms with Crippen molar-refractivity contribution >= 4 is 5.91 Å². The molecular formula is C12H13F3N2O2. The summed E-state index contributed by atoms with van der Waals surface area (Å²) in [4.78, 5) is 12.5. The van der Waals surface area contributed by atoms with E-state index >= 15 is 0 Å². The lowest BCUT2D eigenvalue weighted by molar-refractivity contribution is -0.130. The van der Waals surface area contributed by atoms with Gasteiger partial charge < -0.3 is 9.64 Å². The van der Waals surface area contributed by atoms with Gasteiger partial charge in [-0.15, -0.1) is 0 Å². The van der Waals surface area contributed by atoms with E-state index in [1.165, 1.54) is 25.3 Å². The Morgan fingerprint density at radius 3 is 2.84 bits per heavy atom. The third-order valence-electron chi connectivity index (χ3n) is 2.90. The second kappa shape index (κ2) is 5.48. The highest BCUT2D eigenvalue weighted by atomic mass is 19.3. The Hall–Kier alpha value is -1.76. The molecule has 0 saturated carbocycles. The predicted octanol–water partition coefficient (Wildman–Crippen LogP) is 1.53. The summed E-state index contributed by atoms with van der Waals surface area (Å²) in [5, 5.41) is 2.78. The van der Waals surface area contributed by atoms with Crippen LogP contribution in [-0.2, 0) is 4.79 Å². The van der Waals surface area contributed by atoms with Crippen LogP contribution < -0.4 is 10.1 Å². The molecule has 19 heavy (non-hydrogen) atoms. The Morgan fingerprint density at radius 1 is 1.53 bits per heavy atom. The predicted molar refractivity (Wildman–Crippen MR) is 61.4 cm³/mol. The van der Waals surface area contributed by atoms with Crippen molar-refractivity contribution in [3.63, 3.8) is 0 Å². The number of methoxy groups -OCH3 is 1. The Kier molecular flexibility index (Phi) is 3.94. The van der Waals surface area contributed by atoms with Gasteiger partial charge in [-0.25, -0.2) is 13.2 Å². The molecule has 0 bridgehead atoms. The van der Waals surface area contributed by atoms with Crippen LogP contribution in [0.1, 0.15) is 11.7 Å². The Balaban J connectivity index is 2.24. The van der Waals surface area contributed by atoms with Crippen molar-refractivity contribution in [1.82, 2.24) is 10.2 Å². The van der Waals surface area contributed by atoms with Gasteiger partial charge in [0.25, 0.3) is 6.43 Å². The van der Waals surface area contributed by atoms with Crippen LogP contribution in [0.2, 0.25) is 0 Å². The fraction of sp³-hybridized carbons (Fsp3) is 0.417. The maximum atomic E-state index is 13.6. The molecule has 1 N–H and O–H groups in total. The fourth-order valence-electron chi connectivity index (χ4n) is 2.05. The molecule has 1 unspecified atom stereocenters. The first-order valence-electron chi connectivity index (χ1n) is 5.67. The number of amides is 1. The van der Waals surface area contributed by atoms with Gasteiger partial charge in [0.05, 0.1) is 20.2 Å². The van der Waals surface area contributed by atoms with Crippen molar-refractivity contribution < 1.29 is 22.7 Å². The van der Waals surface area contributed by atoms with Crippen LogP contribution in [0.5, 0.6) is 5.75 Å². The van der Waals surface area contributed by atoms with Crippen LogP contribution in [0.25, 0.3) is 0 Å². The number of alkyl halides is 2. The van der Waals surface area contributed by atoms with E-state index in [0.29, 0.717) is 5.56 Å². The monoisotopic (exact) mass is 274 g/mol. The maximum absolute atomic E-state index is 13.6. The molecular weight excluding hydrogens is 261 g/mol. The number of nitrogens with zero attached hydrogens (tertiary/aromatic N) is 1. The Labute approximate surface area is 108 Å². The fourth-order valence-corrected chi connectivity index (χ4v) is 2.05. The molecule has 1 aromatic carbocycles. The normalized spacial score (nSPS) is 19.3. The summed E-state index contributed by atoms with van der Waals surface area (Å²) in [6.45, 7) is -0.713. The topological polar surface area (TPSA) is 41.6 Å². The summed E-state index contributed by atoms with van der Waals surface area (Å²) in [5.41, 5.74) is 0.407. The van der Waals surface area contributed by atoms with E-state index in [9.17, 15) is 18.0 Å².